The molecule has 5 nitrogen and oxygen atoms in total. The Hall–Kier alpha value is -1.08. The quantitative estimate of drug-likeness (QED) is 0.803. The van der Waals surface area contributed by atoms with E-state index >= 15 is 0 Å². The van der Waals surface area contributed by atoms with Crippen molar-refractivity contribution in [1.29, 1.82) is 0 Å². The van der Waals surface area contributed by atoms with E-state index < -0.39 is 0 Å². The first-order valence-corrected chi connectivity index (χ1v) is 9.33. The van der Waals surface area contributed by atoms with Gasteiger partial charge in [0.25, 0.3) is 0 Å². The average Bonchev–Trinajstić information content (AvgIpc) is 3.17. The van der Waals surface area contributed by atoms with Gasteiger partial charge in [0.05, 0.1) is 3.79 Å². The summed E-state index contributed by atoms with van der Waals surface area (Å²) in [5.74, 6) is 0.0685. The van der Waals surface area contributed by atoms with Gasteiger partial charge < -0.3 is 14.7 Å². The Morgan fingerprint density at radius 3 is 2.91 bits per heavy atom. The molecule has 7 heteroatoms. The molecule has 0 radical (unpaired) electrons. The molecule has 2 fully saturated rings. The lowest BCUT2D eigenvalue weighted by Crippen LogP contribution is -2.44. The highest BCUT2D eigenvalue weighted by Gasteiger charge is 2.39. The summed E-state index contributed by atoms with van der Waals surface area (Å²) >= 11 is 5.27. The Balaban J connectivity index is 1.38. The summed E-state index contributed by atoms with van der Waals surface area (Å²) in [6, 6.07) is 2.59. The summed E-state index contributed by atoms with van der Waals surface area (Å²) in [6.07, 6.45) is 3.16. The van der Waals surface area contributed by atoms with Gasteiger partial charge in [-0.05, 0) is 46.8 Å². The topological polar surface area (TPSA) is 43.9 Å². The van der Waals surface area contributed by atoms with Crippen LogP contribution in [0.15, 0.2) is 9.85 Å². The highest BCUT2D eigenvalue weighted by atomic mass is 79.9. The maximum atomic E-state index is 12.5. The van der Waals surface area contributed by atoms with Crippen LogP contribution in [0.4, 0.5) is 4.79 Å². The van der Waals surface area contributed by atoms with E-state index in [2.05, 4.69) is 22.0 Å². The Bertz CT molecular complexity index is 628. The number of carbonyl (C=O) groups excluding carboxylic acids is 2. The number of halogens is 1. The van der Waals surface area contributed by atoms with Gasteiger partial charge in [-0.3, -0.25) is 4.79 Å². The highest BCUT2D eigenvalue weighted by Crippen LogP contribution is 2.32. The van der Waals surface area contributed by atoms with Crippen LogP contribution in [0, 0.1) is 0 Å². The van der Waals surface area contributed by atoms with Gasteiger partial charge in [-0.15, -0.1) is 11.3 Å². The molecule has 2 aliphatic heterocycles. The number of nitrogens with zero attached hydrogens (tertiary/aromatic N) is 3. The van der Waals surface area contributed by atoms with Crippen molar-refractivity contribution >= 4 is 39.2 Å². The summed E-state index contributed by atoms with van der Waals surface area (Å²) in [7, 11) is 0. The lowest BCUT2D eigenvalue weighted by Gasteiger charge is -2.28. The molecule has 0 aromatic carbocycles. The van der Waals surface area contributed by atoms with Crippen molar-refractivity contribution in [2.24, 2.45) is 0 Å². The maximum absolute atomic E-state index is 12.5. The molecule has 0 spiro atoms. The van der Waals surface area contributed by atoms with E-state index in [4.69, 9.17) is 0 Å². The van der Waals surface area contributed by atoms with E-state index in [1.54, 1.807) is 16.2 Å². The fourth-order valence-corrected chi connectivity index (χ4v) is 4.99. The van der Waals surface area contributed by atoms with Gasteiger partial charge in [0.15, 0.2) is 0 Å². The lowest BCUT2D eigenvalue weighted by molar-refractivity contribution is -0.132. The molecule has 118 valence electrons. The lowest BCUT2D eigenvalue weighted by atomic mass is 10.1. The molecule has 0 N–H and O–H groups in total. The molecule has 0 atom stereocenters. The molecule has 4 rings (SSSR count). The number of hydrogen-bond donors (Lipinski definition) is 0. The zero-order valence-electron chi connectivity index (χ0n) is 12.3. The summed E-state index contributed by atoms with van der Waals surface area (Å²) in [5.41, 5.74) is 1.24. The van der Waals surface area contributed by atoms with E-state index in [0.29, 0.717) is 19.1 Å². The van der Waals surface area contributed by atoms with E-state index in [0.717, 1.165) is 36.1 Å². The third-order valence-corrected chi connectivity index (χ3v) is 6.37. The second-order valence-corrected chi connectivity index (χ2v) is 8.71. The van der Waals surface area contributed by atoms with Gasteiger partial charge in [0, 0.05) is 37.1 Å². The van der Waals surface area contributed by atoms with Crippen LogP contribution in [-0.2, 0) is 17.8 Å². The number of amides is 3. The Kier molecular flexibility index (Phi) is 3.64. The Morgan fingerprint density at radius 1 is 1.32 bits per heavy atom. The van der Waals surface area contributed by atoms with Crippen molar-refractivity contribution in [2.75, 3.05) is 26.2 Å². The van der Waals surface area contributed by atoms with Gasteiger partial charge in [-0.25, -0.2) is 4.79 Å². The van der Waals surface area contributed by atoms with Crippen molar-refractivity contribution in [3.8, 4) is 0 Å². The van der Waals surface area contributed by atoms with Gasteiger partial charge >= 0.3 is 6.03 Å². The molecule has 1 aromatic heterocycles. The fraction of sp³-hybridized carbons (Fsp3) is 0.600. The summed E-state index contributed by atoms with van der Waals surface area (Å²) < 4.78 is 1.13. The standard InChI is InChI=1S/C15H18BrN3O2S/c16-13-7-10-8-17(4-3-12(10)22-13)14(20)9-18-5-6-19(15(18)21)11-1-2-11/h7,11H,1-6,8-9H2. The van der Waals surface area contributed by atoms with Crippen LogP contribution >= 0.6 is 27.3 Å². The van der Waals surface area contributed by atoms with Crippen molar-refractivity contribution in [2.45, 2.75) is 31.8 Å². The molecule has 1 aliphatic carbocycles. The highest BCUT2D eigenvalue weighted by molar-refractivity contribution is 9.11. The average molecular weight is 384 g/mol. The monoisotopic (exact) mass is 383 g/mol. The first kappa shape index (κ1) is 14.5. The van der Waals surface area contributed by atoms with Crippen molar-refractivity contribution in [3.63, 3.8) is 0 Å². The summed E-state index contributed by atoms with van der Waals surface area (Å²) in [4.78, 5) is 31.7. The summed E-state index contributed by atoms with van der Waals surface area (Å²) in [6.45, 7) is 3.11. The Morgan fingerprint density at radius 2 is 2.14 bits per heavy atom. The van der Waals surface area contributed by atoms with Gasteiger partial charge in [-0.2, -0.15) is 0 Å². The predicted octanol–water partition coefficient (Wildman–Crippen LogP) is 2.30. The van der Waals surface area contributed by atoms with Gasteiger partial charge in [0.1, 0.15) is 6.54 Å². The number of hydrogen-bond acceptors (Lipinski definition) is 3. The number of fused-ring (bicyclic) bond motifs is 1. The first-order valence-electron chi connectivity index (χ1n) is 7.72. The van der Waals surface area contributed by atoms with Crippen LogP contribution in [0.3, 0.4) is 0 Å². The normalized spacial score (nSPS) is 21.5. The van der Waals surface area contributed by atoms with Crippen LogP contribution in [0.5, 0.6) is 0 Å². The van der Waals surface area contributed by atoms with Crippen molar-refractivity contribution in [3.05, 3.63) is 20.3 Å². The van der Waals surface area contributed by atoms with Crippen LogP contribution in [0.2, 0.25) is 0 Å². The molecule has 3 heterocycles. The second kappa shape index (κ2) is 5.53. The third kappa shape index (κ3) is 2.65. The number of urea groups is 1. The molecular formula is C15H18BrN3O2S. The van der Waals surface area contributed by atoms with Crippen LogP contribution < -0.4 is 0 Å². The van der Waals surface area contributed by atoms with E-state index in [-0.39, 0.29) is 18.5 Å². The molecule has 1 saturated carbocycles. The number of thiophene rings is 1. The van der Waals surface area contributed by atoms with E-state index in [1.807, 2.05) is 9.80 Å². The minimum absolute atomic E-state index is 0.0480. The molecular weight excluding hydrogens is 366 g/mol. The molecule has 1 aromatic rings. The van der Waals surface area contributed by atoms with Crippen molar-refractivity contribution < 1.29 is 9.59 Å². The van der Waals surface area contributed by atoms with Crippen LogP contribution in [0.25, 0.3) is 0 Å². The molecule has 3 amide bonds. The van der Waals surface area contributed by atoms with Gasteiger partial charge in [0.2, 0.25) is 5.91 Å². The third-order valence-electron chi connectivity index (χ3n) is 4.63. The number of carbonyl (C=O) groups is 2. The zero-order valence-corrected chi connectivity index (χ0v) is 14.7. The van der Waals surface area contributed by atoms with E-state index in [1.165, 1.54) is 10.4 Å². The molecule has 3 aliphatic rings. The smallest absolute Gasteiger partial charge is 0.320 e. The fourth-order valence-electron chi connectivity index (χ4n) is 3.25. The summed E-state index contributed by atoms with van der Waals surface area (Å²) in [5, 5.41) is 0. The number of rotatable bonds is 3. The van der Waals surface area contributed by atoms with Crippen LogP contribution in [0.1, 0.15) is 23.3 Å². The van der Waals surface area contributed by atoms with Crippen LogP contribution in [-0.4, -0.2) is 58.9 Å². The minimum atomic E-state index is 0.0480. The largest absolute Gasteiger partial charge is 0.336 e. The van der Waals surface area contributed by atoms with Gasteiger partial charge in [-0.1, -0.05) is 0 Å². The van der Waals surface area contributed by atoms with Crippen molar-refractivity contribution in [1.82, 2.24) is 14.7 Å². The van der Waals surface area contributed by atoms with E-state index in [9.17, 15) is 9.59 Å². The Labute approximate surface area is 142 Å². The molecule has 22 heavy (non-hydrogen) atoms. The molecule has 1 saturated heterocycles. The zero-order chi connectivity index (χ0) is 15.3. The first-order chi connectivity index (χ1) is 10.6. The maximum Gasteiger partial charge on any atom is 0.320 e. The second-order valence-electron chi connectivity index (χ2n) is 6.19. The SMILES string of the molecule is O=C(CN1CCN(C2CC2)C1=O)N1CCc2sc(Br)cc2C1. The molecule has 0 unspecified atom stereocenters. The minimum Gasteiger partial charge on any atom is -0.336 e. The molecule has 0 bridgehead atoms. The predicted molar refractivity (Wildman–Crippen MR) is 87.8 cm³/mol.